The number of aromatic nitrogens is 1. The van der Waals surface area contributed by atoms with Crippen LogP contribution in [0.5, 0.6) is 0 Å². The van der Waals surface area contributed by atoms with Gasteiger partial charge in [-0.05, 0) is 42.5 Å². The van der Waals surface area contributed by atoms with Crippen LogP contribution in [0.3, 0.4) is 0 Å². The molecule has 0 fully saturated rings. The van der Waals surface area contributed by atoms with E-state index in [4.69, 9.17) is 11.6 Å². The van der Waals surface area contributed by atoms with Crippen molar-refractivity contribution in [2.45, 2.75) is 21.1 Å². The van der Waals surface area contributed by atoms with Gasteiger partial charge in [0.05, 0.1) is 27.8 Å². The number of nitrogens with one attached hydrogen (secondary N) is 2. The van der Waals surface area contributed by atoms with E-state index in [0.717, 1.165) is 15.5 Å². The molecule has 0 saturated carbocycles. The Morgan fingerprint density at radius 2 is 1.89 bits per heavy atom. The molecule has 2 heterocycles. The minimum Gasteiger partial charge on any atom is -0.310 e. The van der Waals surface area contributed by atoms with Crippen LogP contribution in [0.4, 0.5) is 22.0 Å². The lowest BCUT2D eigenvalue weighted by atomic mass is 10.1. The van der Waals surface area contributed by atoms with Gasteiger partial charge in [-0.2, -0.15) is 0 Å². The van der Waals surface area contributed by atoms with Gasteiger partial charge < -0.3 is 10.6 Å². The van der Waals surface area contributed by atoms with Crippen LogP contribution in [-0.2, 0) is 4.79 Å². The Kier molecular flexibility index (Phi) is 7.13. The summed E-state index contributed by atoms with van der Waals surface area (Å²) in [6, 6.07) is 18.5. The Hall–Kier alpha value is -3.20. The topological polar surface area (TPSA) is 74.3 Å². The largest absolute Gasteiger partial charge is 0.326 e. The molecule has 2 aromatic carbocycles. The van der Waals surface area contributed by atoms with E-state index < -0.39 is 0 Å². The number of allylic oxidation sites excluding steroid dienone is 2. The summed E-state index contributed by atoms with van der Waals surface area (Å²) < 4.78 is 0. The molecule has 0 radical (unpaired) electrons. The highest BCUT2D eigenvalue weighted by molar-refractivity contribution is 8.00. The fraction of sp³-hybridized carbons (Fsp3) is 0.115. The third kappa shape index (κ3) is 5.56. The van der Waals surface area contributed by atoms with Gasteiger partial charge in [-0.15, -0.1) is 23.5 Å². The number of benzene rings is 2. The number of anilines is 3. The zero-order valence-electron chi connectivity index (χ0n) is 18.4. The minimum atomic E-state index is -0.193. The van der Waals surface area contributed by atoms with Gasteiger partial charge in [0.25, 0.3) is 0 Å². The van der Waals surface area contributed by atoms with Crippen LogP contribution in [0.1, 0.15) is 0 Å². The molecule has 1 aromatic heterocycles. The van der Waals surface area contributed by atoms with Gasteiger partial charge in [-0.1, -0.05) is 54.1 Å². The van der Waals surface area contributed by atoms with E-state index in [0.29, 0.717) is 16.5 Å². The van der Waals surface area contributed by atoms with Gasteiger partial charge >= 0.3 is 6.03 Å². The van der Waals surface area contributed by atoms with Crippen LogP contribution >= 0.6 is 35.1 Å². The lowest BCUT2D eigenvalue weighted by Gasteiger charge is -2.40. The van der Waals surface area contributed by atoms with Crippen molar-refractivity contribution in [3.63, 3.8) is 0 Å². The van der Waals surface area contributed by atoms with E-state index in [2.05, 4.69) is 27.8 Å². The fourth-order valence-electron chi connectivity index (χ4n) is 3.85. The molecule has 6 nitrogen and oxygen atoms in total. The average Bonchev–Trinajstić information content (AvgIpc) is 2.87. The van der Waals surface area contributed by atoms with Crippen LogP contribution in [0.15, 0.2) is 101 Å². The van der Waals surface area contributed by atoms with Crippen molar-refractivity contribution in [1.29, 1.82) is 0 Å². The molecule has 2 unspecified atom stereocenters. The van der Waals surface area contributed by atoms with Crippen molar-refractivity contribution in [2.24, 2.45) is 0 Å². The number of rotatable bonds is 5. The predicted molar refractivity (Wildman–Crippen MR) is 145 cm³/mol. The molecule has 0 saturated heterocycles. The average molecular weight is 521 g/mol. The molecule has 9 heteroatoms. The molecule has 2 aliphatic rings. The van der Waals surface area contributed by atoms with E-state index in [9.17, 15) is 9.59 Å². The summed E-state index contributed by atoms with van der Waals surface area (Å²) in [7, 11) is 0. The maximum atomic E-state index is 13.4. The Morgan fingerprint density at radius 3 is 2.74 bits per heavy atom. The molecule has 1 aliphatic heterocycles. The van der Waals surface area contributed by atoms with E-state index in [1.54, 1.807) is 23.9 Å². The number of carbonyl (C=O) groups is 2. The Labute approximate surface area is 216 Å². The lowest BCUT2D eigenvalue weighted by molar-refractivity contribution is -0.113. The van der Waals surface area contributed by atoms with Crippen molar-refractivity contribution in [2.75, 3.05) is 21.3 Å². The van der Waals surface area contributed by atoms with Crippen LogP contribution in [-0.4, -0.2) is 34.0 Å². The van der Waals surface area contributed by atoms with Gasteiger partial charge in [-0.25, -0.2) is 9.78 Å². The first-order valence-electron chi connectivity index (χ1n) is 10.9. The molecule has 2 atom stereocenters. The number of carbonyl (C=O) groups excluding carboxylic acids is 2. The van der Waals surface area contributed by atoms with Gasteiger partial charge in [0.15, 0.2) is 0 Å². The first kappa shape index (κ1) is 23.5. The number of hydrogen-bond acceptors (Lipinski definition) is 5. The first-order valence-corrected chi connectivity index (χ1v) is 13.2. The molecule has 3 amide bonds. The third-order valence-corrected chi connectivity index (χ3v) is 7.94. The second-order valence-electron chi connectivity index (χ2n) is 7.84. The van der Waals surface area contributed by atoms with E-state index >= 15 is 0 Å². The van der Waals surface area contributed by atoms with Crippen molar-refractivity contribution in [3.8, 4) is 0 Å². The summed E-state index contributed by atoms with van der Waals surface area (Å²) in [5, 5.41) is 6.46. The number of pyridine rings is 1. The van der Waals surface area contributed by atoms with Gasteiger partial charge in [0, 0.05) is 21.7 Å². The first-order chi connectivity index (χ1) is 17.1. The maximum absolute atomic E-state index is 13.4. The van der Waals surface area contributed by atoms with Crippen molar-refractivity contribution in [1.82, 2.24) is 4.98 Å². The molecule has 2 N–H and O–H groups in total. The molecular weight excluding hydrogens is 500 g/mol. The molecule has 3 aromatic rings. The number of amides is 3. The maximum Gasteiger partial charge on any atom is 0.326 e. The van der Waals surface area contributed by atoms with Crippen LogP contribution in [0.25, 0.3) is 0 Å². The van der Waals surface area contributed by atoms with Gasteiger partial charge in [-0.3, -0.25) is 9.69 Å². The second kappa shape index (κ2) is 10.6. The SMILES string of the molecule is O=C(CSc1cccc(NC(=O)N2c3ccccc3SC3C=CC=CC32)c1)Nc1ccc(Cl)cn1. The van der Waals surface area contributed by atoms with Crippen molar-refractivity contribution in [3.05, 3.63) is 96.2 Å². The summed E-state index contributed by atoms with van der Waals surface area (Å²) in [5.74, 6) is 0.482. The number of para-hydroxylation sites is 1. The van der Waals surface area contributed by atoms with E-state index in [1.807, 2.05) is 65.6 Å². The van der Waals surface area contributed by atoms with E-state index in [-0.39, 0.29) is 29.0 Å². The molecule has 5 rings (SSSR count). The number of urea groups is 1. The molecule has 35 heavy (non-hydrogen) atoms. The standard InChI is InChI=1S/C26H21ClN4O2S2/c27-17-12-13-24(28-15-17)30-25(32)16-34-19-7-5-6-18(14-19)29-26(33)31-20-8-1-3-10-22(20)35-23-11-4-2-9-21(23)31/h1-15,20,22H,16H2,(H,29,33)(H,28,30,32). The Bertz CT molecular complexity index is 1310. The highest BCUT2D eigenvalue weighted by atomic mass is 35.5. The molecule has 1 aliphatic carbocycles. The summed E-state index contributed by atoms with van der Waals surface area (Å²) in [5.41, 5.74) is 1.57. The smallest absolute Gasteiger partial charge is 0.310 e. The normalized spacial score (nSPS) is 17.9. The zero-order chi connectivity index (χ0) is 24.2. The van der Waals surface area contributed by atoms with Crippen LogP contribution in [0.2, 0.25) is 5.02 Å². The molecular formula is C26H21ClN4O2S2. The zero-order valence-corrected chi connectivity index (χ0v) is 20.8. The Morgan fingerprint density at radius 1 is 1.03 bits per heavy atom. The summed E-state index contributed by atoms with van der Waals surface area (Å²) in [4.78, 5) is 33.6. The Balaban J connectivity index is 1.25. The third-order valence-electron chi connectivity index (χ3n) is 5.41. The highest BCUT2D eigenvalue weighted by Gasteiger charge is 2.36. The second-order valence-corrected chi connectivity index (χ2v) is 10.5. The quantitative estimate of drug-likeness (QED) is 0.377. The van der Waals surface area contributed by atoms with Gasteiger partial charge in [0.1, 0.15) is 5.82 Å². The molecule has 176 valence electrons. The number of fused-ring (bicyclic) bond motifs is 2. The summed E-state index contributed by atoms with van der Waals surface area (Å²) in [6.07, 6.45) is 9.69. The number of hydrogen-bond donors (Lipinski definition) is 2. The lowest BCUT2D eigenvalue weighted by Crippen LogP contribution is -2.49. The monoisotopic (exact) mass is 520 g/mol. The van der Waals surface area contributed by atoms with E-state index in [1.165, 1.54) is 18.0 Å². The number of thioether (sulfide) groups is 2. The minimum absolute atomic E-state index is 0.0670. The summed E-state index contributed by atoms with van der Waals surface area (Å²) >= 11 is 8.98. The highest BCUT2D eigenvalue weighted by Crippen LogP contribution is 2.43. The van der Waals surface area contributed by atoms with Crippen molar-refractivity contribution >= 4 is 64.3 Å². The van der Waals surface area contributed by atoms with Gasteiger partial charge in [0.2, 0.25) is 5.91 Å². The predicted octanol–water partition coefficient (Wildman–Crippen LogP) is 6.47. The molecule has 0 bridgehead atoms. The summed E-state index contributed by atoms with van der Waals surface area (Å²) in [6.45, 7) is 0. The fourth-order valence-corrected chi connectivity index (χ4v) is 5.98. The van der Waals surface area contributed by atoms with Crippen LogP contribution in [0, 0.1) is 0 Å². The van der Waals surface area contributed by atoms with Crippen LogP contribution < -0.4 is 15.5 Å². The van der Waals surface area contributed by atoms with Crippen molar-refractivity contribution < 1.29 is 9.59 Å². The molecule has 0 spiro atoms. The number of nitrogens with zero attached hydrogens (tertiary/aromatic N) is 2. The number of halogens is 1.